The van der Waals surface area contributed by atoms with Crippen LogP contribution in [0.25, 0.3) is 0 Å². The second kappa shape index (κ2) is 8.33. The van der Waals surface area contributed by atoms with Gasteiger partial charge in [-0.3, -0.25) is 4.79 Å². The number of hydrogen-bond acceptors (Lipinski definition) is 4. The molecule has 2 rings (SSSR count). The third kappa shape index (κ3) is 4.50. The first-order valence-electron chi connectivity index (χ1n) is 8.06. The van der Waals surface area contributed by atoms with Crippen molar-refractivity contribution in [1.29, 1.82) is 0 Å². The molecule has 0 radical (unpaired) electrons. The van der Waals surface area contributed by atoms with E-state index in [-0.39, 0.29) is 18.4 Å². The molecule has 1 heterocycles. The molecule has 0 saturated carbocycles. The number of piperidine rings is 1. The van der Waals surface area contributed by atoms with Crippen LogP contribution in [0.15, 0.2) is 29.2 Å². The lowest BCUT2D eigenvalue weighted by Gasteiger charge is -2.32. The van der Waals surface area contributed by atoms with Crippen molar-refractivity contribution in [3.05, 3.63) is 24.3 Å². The van der Waals surface area contributed by atoms with Crippen molar-refractivity contribution >= 4 is 33.6 Å². The molecular weight excluding hydrogens is 346 g/mol. The molecule has 1 atom stereocenters. The number of carbonyl (C=O) groups is 1. The van der Waals surface area contributed by atoms with Crippen LogP contribution in [0.1, 0.15) is 19.8 Å². The Labute approximate surface area is 148 Å². The zero-order chi connectivity index (χ0) is 17.7. The monoisotopic (exact) mass is 371 g/mol. The van der Waals surface area contributed by atoms with Crippen LogP contribution in [0.5, 0.6) is 0 Å². The fraction of sp³-hybridized carbons (Fsp3) is 0.562. The Hall–Kier alpha value is -1.09. The highest BCUT2D eigenvalue weighted by molar-refractivity contribution is 7.99. The number of rotatable bonds is 6. The van der Waals surface area contributed by atoms with Gasteiger partial charge in [0.15, 0.2) is 0 Å². The first-order valence-corrected chi connectivity index (χ1v) is 10.4. The summed E-state index contributed by atoms with van der Waals surface area (Å²) in [5.74, 6) is 0.483. The maximum atomic E-state index is 12.6. The average molecular weight is 372 g/mol. The lowest BCUT2D eigenvalue weighted by molar-refractivity contribution is -0.120. The molecule has 1 aromatic carbocycles. The van der Waals surface area contributed by atoms with E-state index in [0.29, 0.717) is 19.4 Å². The second-order valence-electron chi connectivity index (χ2n) is 5.91. The Morgan fingerprint density at radius 2 is 2.08 bits per heavy atom. The van der Waals surface area contributed by atoms with Crippen molar-refractivity contribution < 1.29 is 13.2 Å². The zero-order valence-electron chi connectivity index (χ0n) is 14.4. The number of hydrogen-bond donors (Lipinski definition) is 1. The Kier molecular flexibility index (Phi) is 6.68. The summed E-state index contributed by atoms with van der Waals surface area (Å²) in [6.07, 6.45) is 1.39. The average Bonchev–Trinajstić information content (AvgIpc) is 2.57. The van der Waals surface area contributed by atoms with Gasteiger partial charge in [0.1, 0.15) is 0 Å². The number of nitrogens with one attached hydrogen (secondary N) is 1. The third-order valence-corrected chi connectivity index (χ3v) is 6.85. The molecule has 1 N–H and O–H groups in total. The van der Waals surface area contributed by atoms with Gasteiger partial charge in [0.25, 0.3) is 10.2 Å². The Balaban J connectivity index is 2.08. The van der Waals surface area contributed by atoms with Gasteiger partial charge < -0.3 is 5.32 Å². The van der Waals surface area contributed by atoms with Crippen molar-refractivity contribution in [3.8, 4) is 0 Å². The van der Waals surface area contributed by atoms with Gasteiger partial charge in [0, 0.05) is 32.1 Å². The molecule has 6 nitrogen and oxygen atoms in total. The lowest BCUT2D eigenvalue weighted by atomic mass is 9.99. The standard InChI is InChI=1S/C16H25N3O3S2/c1-4-23-15-10-6-5-9-14(15)17-16(20)13-8-7-11-19(12-13)24(21,22)18(2)3/h5-6,9-10,13H,4,7-8,11-12H2,1-3H3,(H,17,20). The molecule has 1 aliphatic rings. The van der Waals surface area contributed by atoms with Crippen molar-refractivity contribution in [3.63, 3.8) is 0 Å². The van der Waals surface area contributed by atoms with Crippen LogP contribution in [0.3, 0.4) is 0 Å². The summed E-state index contributed by atoms with van der Waals surface area (Å²) in [7, 11) is -0.451. The first-order chi connectivity index (χ1) is 11.4. The van der Waals surface area contributed by atoms with Crippen LogP contribution in [0, 0.1) is 5.92 Å². The highest BCUT2D eigenvalue weighted by atomic mass is 32.2. The quantitative estimate of drug-likeness (QED) is 0.779. The number of benzene rings is 1. The van der Waals surface area contributed by atoms with Gasteiger partial charge in [-0.15, -0.1) is 11.8 Å². The molecule has 0 bridgehead atoms. The normalized spacial score (nSPS) is 19.4. The van der Waals surface area contributed by atoms with E-state index in [2.05, 4.69) is 12.2 Å². The minimum absolute atomic E-state index is 0.113. The molecule has 0 spiro atoms. The number of para-hydroxylation sites is 1. The van der Waals surface area contributed by atoms with Crippen molar-refractivity contribution in [2.45, 2.75) is 24.7 Å². The van der Waals surface area contributed by atoms with Gasteiger partial charge in [0.05, 0.1) is 11.6 Å². The van der Waals surface area contributed by atoms with Crippen LogP contribution in [-0.2, 0) is 15.0 Å². The summed E-state index contributed by atoms with van der Waals surface area (Å²) in [6.45, 7) is 2.76. The van der Waals surface area contributed by atoms with Gasteiger partial charge in [-0.1, -0.05) is 19.1 Å². The van der Waals surface area contributed by atoms with Crippen LogP contribution in [-0.4, -0.2) is 55.9 Å². The van der Waals surface area contributed by atoms with E-state index in [0.717, 1.165) is 16.3 Å². The van der Waals surface area contributed by atoms with Crippen molar-refractivity contribution in [1.82, 2.24) is 8.61 Å². The predicted octanol–water partition coefficient (Wildman–Crippen LogP) is 2.26. The van der Waals surface area contributed by atoms with Gasteiger partial charge >= 0.3 is 0 Å². The van der Waals surface area contributed by atoms with E-state index in [1.54, 1.807) is 11.8 Å². The van der Waals surface area contributed by atoms with Crippen LogP contribution < -0.4 is 5.32 Å². The number of anilines is 1. The molecule has 1 saturated heterocycles. The largest absolute Gasteiger partial charge is 0.325 e. The van der Waals surface area contributed by atoms with E-state index >= 15 is 0 Å². The summed E-state index contributed by atoms with van der Waals surface area (Å²) in [5, 5.41) is 2.97. The minimum Gasteiger partial charge on any atom is -0.325 e. The summed E-state index contributed by atoms with van der Waals surface area (Å²) in [5.41, 5.74) is 0.793. The number of thioether (sulfide) groups is 1. The van der Waals surface area contributed by atoms with Crippen molar-refractivity contribution in [2.24, 2.45) is 5.92 Å². The molecule has 1 aliphatic heterocycles. The Bertz CT molecular complexity index is 677. The van der Waals surface area contributed by atoms with E-state index < -0.39 is 10.2 Å². The third-order valence-electron chi connectivity index (χ3n) is 3.99. The summed E-state index contributed by atoms with van der Waals surface area (Å²) >= 11 is 1.67. The molecule has 24 heavy (non-hydrogen) atoms. The molecule has 0 aliphatic carbocycles. The Morgan fingerprint density at radius 3 is 2.75 bits per heavy atom. The topological polar surface area (TPSA) is 69.7 Å². The number of carbonyl (C=O) groups excluding carboxylic acids is 1. The van der Waals surface area contributed by atoms with Gasteiger partial charge in [-0.2, -0.15) is 17.0 Å². The number of amides is 1. The van der Waals surface area contributed by atoms with E-state index in [9.17, 15) is 13.2 Å². The summed E-state index contributed by atoms with van der Waals surface area (Å²) < 4.78 is 27.1. The molecule has 8 heteroatoms. The fourth-order valence-corrected chi connectivity index (χ4v) is 4.63. The maximum Gasteiger partial charge on any atom is 0.281 e. The van der Waals surface area contributed by atoms with E-state index in [1.807, 2.05) is 24.3 Å². The SMILES string of the molecule is CCSc1ccccc1NC(=O)C1CCCN(S(=O)(=O)N(C)C)C1. The molecule has 0 aromatic heterocycles. The van der Waals surface area contributed by atoms with E-state index in [4.69, 9.17) is 0 Å². The van der Waals surface area contributed by atoms with Crippen LogP contribution in [0.2, 0.25) is 0 Å². The van der Waals surface area contributed by atoms with E-state index in [1.165, 1.54) is 22.7 Å². The highest BCUT2D eigenvalue weighted by Crippen LogP contribution is 2.28. The molecule has 1 fully saturated rings. The highest BCUT2D eigenvalue weighted by Gasteiger charge is 2.33. The Morgan fingerprint density at radius 1 is 1.38 bits per heavy atom. The predicted molar refractivity (Wildman–Crippen MR) is 98.4 cm³/mol. The van der Waals surface area contributed by atoms with Crippen LogP contribution in [0.4, 0.5) is 5.69 Å². The maximum absolute atomic E-state index is 12.6. The fourth-order valence-electron chi connectivity index (χ4n) is 2.68. The zero-order valence-corrected chi connectivity index (χ0v) is 16.0. The number of nitrogens with zero attached hydrogens (tertiary/aromatic N) is 2. The molecule has 134 valence electrons. The molecule has 1 unspecified atom stereocenters. The minimum atomic E-state index is -3.47. The summed E-state index contributed by atoms with van der Waals surface area (Å²) in [6, 6.07) is 7.69. The summed E-state index contributed by atoms with van der Waals surface area (Å²) in [4.78, 5) is 13.6. The van der Waals surface area contributed by atoms with Gasteiger partial charge in [-0.25, -0.2) is 0 Å². The van der Waals surface area contributed by atoms with Crippen LogP contribution >= 0.6 is 11.8 Å². The first kappa shape index (κ1) is 19.2. The molecule has 1 amide bonds. The smallest absolute Gasteiger partial charge is 0.281 e. The van der Waals surface area contributed by atoms with Crippen molar-refractivity contribution in [2.75, 3.05) is 38.3 Å². The lowest BCUT2D eigenvalue weighted by Crippen LogP contribution is -2.47. The second-order valence-corrected chi connectivity index (χ2v) is 9.35. The molecular formula is C16H25N3O3S2. The van der Waals surface area contributed by atoms with Gasteiger partial charge in [-0.05, 0) is 30.7 Å². The molecule has 1 aromatic rings. The van der Waals surface area contributed by atoms with Gasteiger partial charge in [0.2, 0.25) is 5.91 Å².